The topological polar surface area (TPSA) is 141 Å². The van der Waals surface area contributed by atoms with Gasteiger partial charge in [-0.05, 0) is 51.7 Å². The number of hydrogen-bond donors (Lipinski definition) is 2. The minimum atomic E-state index is -3.33. The minimum Gasteiger partial charge on any atom is -0.481 e. The number of hydrogen-bond acceptors (Lipinski definition) is 6. The molecule has 0 bridgehead atoms. The van der Waals surface area contributed by atoms with Gasteiger partial charge in [-0.25, -0.2) is 34.2 Å². The van der Waals surface area contributed by atoms with E-state index in [4.69, 9.17) is 5.11 Å². The quantitative estimate of drug-likeness (QED) is 0.527. The number of aliphatic carboxylic acids is 1. The first kappa shape index (κ1) is 30.1. The van der Waals surface area contributed by atoms with Crippen molar-refractivity contribution in [1.82, 2.24) is 8.61 Å². The first-order valence-corrected chi connectivity index (χ1v) is 15.0. The molecule has 0 aromatic heterocycles. The normalized spacial score (nSPS) is 21.8. The van der Waals surface area contributed by atoms with Crippen molar-refractivity contribution in [2.75, 3.05) is 43.0 Å². The molecule has 0 spiro atoms. The molecule has 2 atom stereocenters. The average molecular weight is 554 g/mol. The second kappa shape index (κ2) is 12.9. The molecule has 14 heteroatoms. The molecule has 0 radical (unpaired) electrons. The highest BCUT2D eigenvalue weighted by atomic mass is 32.2. The Kier molecular flexibility index (Phi) is 10.8. The van der Waals surface area contributed by atoms with Gasteiger partial charge >= 0.3 is 5.97 Å². The molecule has 2 aliphatic rings. The lowest BCUT2D eigenvalue weighted by atomic mass is 9.98. The molecule has 2 N–H and O–H groups in total. The van der Waals surface area contributed by atoms with E-state index >= 15 is 0 Å². The maximum Gasteiger partial charge on any atom is 0.307 e. The van der Waals surface area contributed by atoms with Crippen LogP contribution in [0.2, 0.25) is 0 Å². The number of carboxylic acid groups (broad SMARTS) is 1. The van der Waals surface area contributed by atoms with Gasteiger partial charge in [-0.15, -0.1) is 0 Å². The number of amides is 1. The molecule has 36 heavy (non-hydrogen) atoms. The third kappa shape index (κ3) is 8.18. The number of sulfonamides is 2. The Morgan fingerprint density at radius 2 is 1.42 bits per heavy atom. The molecule has 0 aliphatic carbocycles. The molecule has 1 aromatic rings. The lowest BCUT2D eigenvalue weighted by Crippen LogP contribution is -2.44. The van der Waals surface area contributed by atoms with Gasteiger partial charge in [0.1, 0.15) is 0 Å². The number of halogens is 2. The Bertz CT molecular complexity index is 1150. The van der Waals surface area contributed by atoms with Crippen molar-refractivity contribution in [2.45, 2.75) is 39.5 Å². The highest BCUT2D eigenvalue weighted by Crippen LogP contribution is 2.22. The molecule has 2 heterocycles. The van der Waals surface area contributed by atoms with Gasteiger partial charge in [0.05, 0.1) is 23.3 Å². The van der Waals surface area contributed by atoms with Gasteiger partial charge in [-0.2, -0.15) is 0 Å². The zero-order valence-corrected chi connectivity index (χ0v) is 22.0. The minimum absolute atomic E-state index is 0.00941. The van der Waals surface area contributed by atoms with Crippen molar-refractivity contribution in [1.29, 1.82) is 0 Å². The summed E-state index contributed by atoms with van der Waals surface area (Å²) in [5.41, 5.74) is 0.152. The van der Waals surface area contributed by atoms with Gasteiger partial charge in [0.25, 0.3) is 0 Å². The Balaban J connectivity index is 0.000000281. The molecule has 2 fully saturated rings. The van der Waals surface area contributed by atoms with Crippen LogP contribution in [0.4, 0.5) is 14.5 Å². The summed E-state index contributed by atoms with van der Waals surface area (Å²) in [4.78, 5) is 22.9. The van der Waals surface area contributed by atoms with Crippen molar-refractivity contribution in [3.8, 4) is 0 Å². The smallest absolute Gasteiger partial charge is 0.307 e. The summed E-state index contributed by atoms with van der Waals surface area (Å²) in [6, 6.07) is 3.09. The van der Waals surface area contributed by atoms with Gasteiger partial charge in [0, 0.05) is 37.9 Å². The summed E-state index contributed by atoms with van der Waals surface area (Å²) < 4.78 is 75.2. The molecule has 0 unspecified atom stereocenters. The van der Waals surface area contributed by atoms with E-state index in [1.165, 1.54) is 14.7 Å². The third-order valence-electron chi connectivity index (χ3n) is 6.19. The first-order valence-electron chi connectivity index (χ1n) is 11.7. The number of nitrogens with one attached hydrogen (secondary N) is 1. The molecule has 204 valence electrons. The first-order chi connectivity index (χ1) is 16.8. The molecular formula is C22H33F2N3O7S2. The standard InChI is InChI=1S/C14H18F2N2O3S.C8H15NO4S/c1-2-22(20,21)18-7-3-4-10(9-18)14(19)17-11-5-6-12(15)13(16)8-11;1-2-14(12,13)9-5-3-4-7(6-9)8(10)11/h5-6,8,10H,2-4,7,9H2,1H3,(H,17,19);7H,2-6H2,1H3,(H,10,11)/t10-;7-/m00/s1. The zero-order valence-electron chi connectivity index (χ0n) is 20.3. The van der Waals surface area contributed by atoms with E-state index in [-0.39, 0.29) is 36.2 Å². The van der Waals surface area contributed by atoms with Gasteiger partial charge in [0.2, 0.25) is 26.0 Å². The molecule has 10 nitrogen and oxygen atoms in total. The molecular weight excluding hydrogens is 520 g/mol. The van der Waals surface area contributed by atoms with E-state index in [9.17, 15) is 35.2 Å². The van der Waals surface area contributed by atoms with E-state index in [1.54, 1.807) is 13.8 Å². The lowest BCUT2D eigenvalue weighted by molar-refractivity contribution is -0.142. The summed E-state index contributed by atoms with van der Waals surface area (Å²) in [7, 11) is -6.55. The summed E-state index contributed by atoms with van der Waals surface area (Å²) in [5, 5.41) is 11.3. The largest absolute Gasteiger partial charge is 0.481 e. The summed E-state index contributed by atoms with van der Waals surface area (Å²) >= 11 is 0. The van der Waals surface area contributed by atoms with Crippen LogP contribution in [0.3, 0.4) is 0 Å². The Morgan fingerprint density at radius 3 is 1.89 bits per heavy atom. The second-order valence-electron chi connectivity index (χ2n) is 8.65. The number of carbonyl (C=O) groups excluding carboxylic acids is 1. The SMILES string of the molecule is CCS(=O)(=O)N1CCC[C@H](C(=O)Nc2ccc(F)c(F)c2)C1.CCS(=O)(=O)N1CCC[C@H](C(=O)O)C1. The van der Waals surface area contributed by atoms with E-state index in [0.717, 1.165) is 12.1 Å². The van der Waals surface area contributed by atoms with Crippen molar-refractivity contribution in [2.24, 2.45) is 11.8 Å². The molecule has 2 aliphatic heterocycles. The molecule has 0 saturated carbocycles. The van der Waals surface area contributed by atoms with Crippen LogP contribution in [0, 0.1) is 23.5 Å². The van der Waals surface area contributed by atoms with Crippen LogP contribution in [-0.2, 0) is 29.6 Å². The van der Waals surface area contributed by atoms with Crippen LogP contribution in [0.25, 0.3) is 0 Å². The predicted octanol–water partition coefficient (Wildman–Crippen LogP) is 2.10. The zero-order chi connectivity index (χ0) is 27.1. The van der Waals surface area contributed by atoms with Gasteiger partial charge in [-0.1, -0.05) is 0 Å². The number of anilines is 1. The maximum atomic E-state index is 13.1. The fourth-order valence-electron chi connectivity index (χ4n) is 3.99. The number of carboxylic acids is 1. The summed E-state index contributed by atoms with van der Waals surface area (Å²) in [6.45, 7) is 4.24. The van der Waals surface area contributed by atoms with E-state index < -0.39 is 49.5 Å². The number of rotatable bonds is 7. The number of piperidine rings is 2. The van der Waals surface area contributed by atoms with Crippen molar-refractivity contribution < 1.29 is 40.3 Å². The maximum absolute atomic E-state index is 13.1. The van der Waals surface area contributed by atoms with E-state index in [0.29, 0.717) is 38.8 Å². The fourth-order valence-corrected chi connectivity index (χ4v) is 6.35. The van der Waals surface area contributed by atoms with Crippen LogP contribution >= 0.6 is 0 Å². The Labute approximate surface area is 210 Å². The number of benzene rings is 1. The monoisotopic (exact) mass is 553 g/mol. The predicted molar refractivity (Wildman–Crippen MR) is 130 cm³/mol. The van der Waals surface area contributed by atoms with Crippen LogP contribution < -0.4 is 5.32 Å². The second-order valence-corrected chi connectivity index (χ2v) is 13.2. The van der Waals surface area contributed by atoms with Crippen molar-refractivity contribution >= 4 is 37.6 Å². The van der Waals surface area contributed by atoms with Crippen LogP contribution in [0.5, 0.6) is 0 Å². The van der Waals surface area contributed by atoms with Gasteiger partial charge in [-0.3, -0.25) is 9.59 Å². The van der Waals surface area contributed by atoms with Crippen molar-refractivity contribution in [3.05, 3.63) is 29.8 Å². The molecule has 3 rings (SSSR count). The highest BCUT2D eigenvalue weighted by Gasteiger charge is 2.32. The van der Waals surface area contributed by atoms with Crippen LogP contribution in [0.1, 0.15) is 39.5 Å². The van der Waals surface area contributed by atoms with Crippen LogP contribution in [0.15, 0.2) is 18.2 Å². The van der Waals surface area contributed by atoms with E-state index in [2.05, 4.69) is 5.32 Å². The Morgan fingerprint density at radius 1 is 0.917 bits per heavy atom. The van der Waals surface area contributed by atoms with Gasteiger partial charge < -0.3 is 10.4 Å². The molecule has 1 aromatic carbocycles. The van der Waals surface area contributed by atoms with E-state index in [1.807, 2.05) is 0 Å². The molecule has 1 amide bonds. The van der Waals surface area contributed by atoms with Gasteiger partial charge in [0.15, 0.2) is 11.6 Å². The summed E-state index contributed by atoms with van der Waals surface area (Å²) in [5.74, 6) is -4.33. The third-order valence-corrected chi connectivity index (χ3v) is 9.89. The molecule has 2 saturated heterocycles. The average Bonchev–Trinajstić information content (AvgIpc) is 2.86. The van der Waals surface area contributed by atoms with Crippen molar-refractivity contribution in [3.63, 3.8) is 0 Å². The van der Waals surface area contributed by atoms with Crippen LogP contribution in [-0.4, -0.2) is 80.1 Å². The number of carbonyl (C=O) groups is 2. The number of nitrogens with zero attached hydrogens (tertiary/aromatic N) is 2. The highest BCUT2D eigenvalue weighted by molar-refractivity contribution is 7.89. The lowest BCUT2D eigenvalue weighted by Gasteiger charge is -2.30. The fraction of sp³-hybridized carbons (Fsp3) is 0.636. The Hall–Kier alpha value is -2.16. The summed E-state index contributed by atoms with van der Waals surface area (Å²) in [6.07, 6.45) is 2.36.